The smallest absolute Gasteiger partial charge is 0.138 e. The normalized spacial score (nSPS) is 9.84. The molecule has 0 atom stereocenters. The van der Waals surface area contributed by atoms with Gasteiger partial charge in [0.05, 0.1) is 18.2 Å². The standard InChI is InChI=1S/C15H18FN3/c1-2-19(10-4-9-18)12-13-6-7-15(16)14(11-13)5-3-8-17/h6-7,11H,2,4,8,10,12,17H2,1H3. The van der Waals surface area contributed by atoms with E-state index in [2.05, 4.69) is 22.8 Å². The van der Waals surface area contributed by atoms with Crippen LogP contribution < -0.4 is 5.73 Å². The predicted octanol–water partition coefficient (Wildman–Crippen LogP) is 1.87. The average Bonchev–Trinajstić information content (AvgIpc) is 2.43. The van der Waals surface area contributed by atoms with Crippen molar-refractivity contribution >= 4 is 0 Å². The van der Waals surface area contributed by atoms with Gasteiger partial charge in [-0.05, 0) is 24.2 Å². The zero-order chi connectivity index (χ0) is 14.1. The molecule has 1 aromatic rings. The Balaban J connectivity index is 2.81. The molecular weight excluding hydrogens is 241 g/mol. The van der Waals surface area contributed by atoms with Crippen molar-refractivity contribution in [1.29, 1.82) is 5.26 Å². The van der Waals surface area contributed by atoms with Crippen molar-refractivity contribution in [3.8, 4) is 17.9 Å². The highest BCUT2D eigenvalue weighted by Crippen LogP contribution is 2.12. The van der Waals surface area contributed by atoms with Crippen LogP contribution >= 0.6 is 0 Å². The molecule has 0 heterocycles. The van der Waals surface area contributed by atoms with E-state index in [0.717, 1.165) is 12.1 Å². The van der Waals surface area contributed by atoms with Crippen LogP contribution in [0.3, 0.4) is 0 Å². The van der Waals surface area contributed by atoms with Crippen LogP contribution in [0, 0.1) is 29.0 Å². The second-order valence-electron chi connectivity index (χ2n) is 4.10. The molecule has 0 aliphatic carbocycles. The third-order valence-electron chi connectivity index (χ3n) is 2.75. The van der Waals surface area contributed by atoms with E-state index in [1.54, 1.807) is 12.1 Å². The fraction of sp³-hybridized carbons (Fsp3) is 0.400. The first kappa shape index (κ1) is 15.2. The summed E-state index contributed by atoms with van der Waals surface area (Å²) in [4.78, 5) is 2.14. The van der Waals surface area contributed by atoms with Gasteiger partial charge < -0.3 is 5.73 Å². The molecule has 0 fully saturated rings. The lowest BCUT2D eigenvalue weighted by Gasteiger charge is -2.19. The summed E-state index contributed by atoms with van der Waals surface area (Å²) in [6, 6.07) is 7.04. The fourth-order valence-corrected chi connectivity index (χ4v) is 1.73. The summed E-state index contributed by atoms with van der Waals surface area (Å²) in [5.41, 5.74) is 6.65. The third kappa shape index (κ3) is 5.09. The Kier molecular flexibility index (Phi) is 6.60. The number of benzene rings is 1. The highest BCUT2D eigenvalue weighted by atomic mass is 19.1. The molecule has 100 valence electrons. The minimum Gasteiger partial charge on any atom is -0.320 e. The van der Waals surface area contributed by atoms with Crippen molar-refractivity contribution in [3.05, 3.63) is 35.1 Å². The molecular formula is C15H18FN3. The second kappa shape index (κ2) is 8.26. The second-order valence-corrected chi connectivity index (χ2v) is 4.10. The van der Waals surface area contributed by atoms with E-state index >= 15 is 0 Å². The first-order chi connectivity index (χ1) is 9.21. The molecule has 0 unspecified atom stereocenters. The summed E-state index contributed by atoms with van der Waals surface area (Å²) >= 11 is 0. The molecule has 0 saturated carbocycles. The van der Waals surface area contributed by atoms with E-state index in [1.807, 2.05) is 6.92 Å². The van der Waals surface area contributed by atoms with Crippen LogP contribution in [0.5, 0.6) is 0 Å². The van der Waals surface area contributed by atoms with Crippen LogP contribution in [-0.4, -0.2) is 24.5 Å². The third-order valence-corrected chi connectivity index (χ3v) is 2.75. The lowest BCUT2D eigenvalue weighted by molar-refractivity contribution is 0.286. The van der Waals surface area contributed by atoms with Gasteiger partial charge in [-0.15, -0.1) is 0 Å². The molecule has 0 amide bonds. The highest BCUT2D eigenvalue weighted by molar-refractivity contribution is 5.38. The molecule has 0 aromatic heterocycles. The predicted molar refractivity (Wildman–Crippen MR) is 73.5 cm³/mol. The van der Waals surface area contributed by atoms with E-state index in [0.29, 0.717) is 25.1 Å². The summed E-state index contributed by atoms with van der Waals surface area (Å²) in [5, 5.41) is 8.60. The van der Waals surface area contributed by atoms with Crippen molar-refractivity contribution in [2.75, 3.05) is 19.6 Å². The maximum Gasteiger partial charge on any atom is 0.138 e. The Hall–Kier alpha value is -1.88. The van der Waals surface area contributed by atoms with Gasteiger partial charge in [0.25, 0.3) is 0 Å². The summed E-state index contributed by atoms with van der Waals surface area (Å²) in [6.07, 6.45) is 0.495. The molecule has 1 aromatic carbocycles. The van der Waals surface area contributed by atoms with Crippen molar-refractivity contribution in [3.63, 3.8) is 0 Å². The summed E-state index contributed by atoms with van der Waals surface area (Å²) in [5.74, 6) is 5.05. The molecule has 1 rings (SSSR count). The first-order valence-corrected chi connectivity index (χ1v) is 6.28. The number of nitrogens with zero attached hydrogens (tertiary/aromatic N) is 2. The Morgan fingerprint density at radius 1 is 1.42 bits per heavy atom. The van der Waals surface area contributed by atoms with E-state index in [-0.39, 0.29) is 12.4 Å². The number of nitriles is 1. The van der Waals surface area contributed by atoms with E-state index in [4.69, 9.17) is 11.0 Å². The summed E-state index contributed by atoms with van der Waals surface area (Å²) < 4.78 is 13.5. The van der Waals surface area contributed by atoms with Crippen LogP contribution in [0.25, 0.3) is 0 Å². The van der Waals surface area contributed by atoms with Crippen molar-refractivity contribution in [2.24, 2.45) is 5.73 Å². The number of hydrogen-bond acceptors (Lipinski definition) is 3. The first-order valence-electron chi connectivity index (χ1n) is 6.28. The van der Waals surface area contributed by atoms with Crippen LogP contribution in [0.15, 0.2) is 18.2 Å². The molecule has 0 radical (unpaired) electrons. The van der Waals surface area contributed by atoms with Gasteiger partial charge in [0, 0.05) is 19.5 Å². The number of halogens is 1. The number of nitrogens with two attached hydrogens (primary N) is 1. The largest absolute Gasteiger partial charge is 0.320 e. The minimum absolute atomic E-state index is 0.215. The summed E-state index contributed by atoms with van der Waals surface area (Å²) in [6.45, 7) is 4.51. The highest BCUT2D eigenvalue weighted by Gasteiger charge is 2.06. The number of rotatable bonds is 5. The maximum absolute atomic E-state index is 13.5. The molecule has 3 nitrogen and oxygen atoms in total. The molecule has 4 heteroatoms. The quantitative estimate of drug-likeness (QED) is 0.821. The zero-order valence-electron chi connectivity index (χ0n) is 11.1. The monoisotopic (exact) mass is 259 g/mol. The van der Waals surface area contributed by atoms with Gasteiger partial charge in [0.1, 0.15) is 5.82 Å². The van der Waals surface area contributed by atoms with Crippen LogP contribution in [-0.2, 0) is 6.54 Å². The fourth-order valence-electron chi connectivity index (χ4n) is 1.73. The molecule has 0 saturated heterocycles. The van der Waals surface area contributed by atoms with Crippen LogP contribution in [0.4, 0.5) is 4.39 Å². The van der Waals surface area contributed by atoms with Crippen LogP contribution in [0.2, 0.25) is 0 Å². The van der Waals surface area contributed by atoms with Gasteiger partial charge in [0.2, 0.25) is 0 Å². The van der Waals surface area contributed by atoms with Gasteiger partial charge >= 0.3 is 0 Å². The SMILES string of the molecule is CCN(CCC#N)Cc1ccc(F)c(C#CCN)c1. The average molecular weight is 259 g/mol. The van der Waals surface area contributed by atoms with Gasteiger partial charge in [-0.25, -0.2) is 4.39 Å². The maximum atomic E-state index is 13.5. The minimum atomic E-state index is -0.329. The molecule has 19 heavy (non-hydrogen) atoms. The molecule has 0 spiro atoms. The van der Waals surface area contributed by atoms with Gasteiger partial charge in [0.15, 0.2) is 0 Å². The Morgan fingerprint density at radius 2 is 2.21 bits per heavy atom. The van der Waals surface area contributed by atoms with E-state index in [9.17, 15) is 4.39 Å². The lowest BCUT2D eigenvalue weighted by Crippen LogP contribution is -2.23. The van der Waals surface area contributed by atoms with E-state index < -0.39 is 0 Å². The van der Waals surface area contributed by atoms with Crippen molar-refractivity contribution in [1.82, 2.24) is 4.90 Å². The van der Waals surface area contributed by atoms with Crippen LogP contribution in [0.1, 0.15) is 24.5 Å². The van der Waals surface area contributed by atoms with Gasteiger partial charge in [-0.3, -0.25) is 4.90 Å². The van der Waals surface area contributed by atoms with Gasteiger partial charge in [-0.1, -0.05) is 24.8 Å². The number of hydrogen-bond donors (Lipinski definition) is 1. The summed E-state index contributed by atoms with van der Waals surface area (Å²) in [7, 11) is 0. The molecule has 0 aliphatic rings. The topological polar surface area (TPSA) is 53.0 Å². The Bertz CT molecular complexity index is 508. The lowest BCUT2D eigenvalue weighted by atomic mass is 10.1. The molecule has 0 aliphatic heterocycles. The molecule has 2 N–H and O–H groups in total. The zero-order valence-corrected chi connectivity index (χ0v) is 11.1. The van der Waals surface area contributed by atoms with Gasteiger partial charge in [-0.2, -0.15) is 5.26 Å². The Morgan fingerprint density at radius 3 is 2.84 bits per heavy atom. The van der Waals surface area contributed by atoms with Crippen molar-refractivity contribution in [2.45, 2.75) is 19.9 Å². The van der Waals surface area contributed by atoms with Crippen molar-refractivity contribution < 1.29 is 4.39 Å². The molecule has 0 bridgehead atoms. The van der Waals surface area contributed by atoms with E-state index in [1.165, 1.54) is 6.07 Å². The Labute approximate surface area is 113 Å².